The van der Waals surface area contributed by atoms with Gasteiger partial charge in [0.1, 0.15) is 11.8 Å². The second kappa shape index (κ2) is 43.0. The smallest absolute Gasteiger partial charge is 0.550 e. The maximum absolute atomic E-state index is 12.2. The molecular formula is C26H31N6Na7O19. The van der Waals surface area contributed by atoms with E-state index in [1.54, 1.807) is 10.6 Å². The Balaban J connectivity index is -0.000000119. The van der Waals surface area contributed by atoms with Crippen LogP contribution in [0.15, 0.2) is 0 Å². The van der Waals surface area contributed by atoms with Gasteiger partial charge in [0.25, 0.3) is 0 Å². The summed E-state index contributed by atoms with van der Waals surface area (Å²) in [7, 11) is 1.27. The quantitative estimate of drug-likeness (QED) is 0.0519. The van der Waals surface area contributed by atoms with E-state index >= 15 is 0 Å². The number of nitrogens with one attached hydrogen (secondary N) is 5. The van der Waals surface area contributed by atoms with Crippen molar-refractivity contribution in [3.63, 3.8) is 0 Å². The summed E-state index contributed by atoms with van der Waals surface area (Å²) in [5.74, 6) is -18.1. The average Bonchev–Trinajstić information content (AvgIpc) is 2.97. The molecule has 0 saturated heterocycles. The molecule has 32 heteroatoms. The zero-order valence-corrected chi connectivity index (χ0v) is 47.5. The Morgan fingerprint density at radius 1 is 0.414 bits per heavy atom. The van der Waals surface area contributed by atoms with Gasteiger partial charge in [-0.25, -0.2) is 0 Å². The summed E-state index contributed by atoms with van der Waals surface area (Å²) in [5.41, 5.74) is 5.23. The van der Waals surface area contributed by atoms with E-state index in [1.165, 1.54) is 7.05 Å². The van der Waals surface area contributed by atoms with Gasteiger partial charge in [0, 0.05) is 50.0 Å². The van der Waals surface area contributed by atoms with Crippen molar-refractivity contribution < 1.29 is 300 Å². The van der Waals surface area contributed by atoms with Crippen LogP contribution in [0, 0.1) is 0 Å². The topological polar surface area (TPSA) is 452 Å². The number of aliphatic carboxylic acids is 7. The predicted octanol–water partition coefficient (Wildman–Crippen LogP) is -36.0. The maximum Gasteiger partial charge on any atom is 1.00 e. The molecule has 0 fully saturated rings. The van der Waals surface area contributed by atoms with Crippen LogP contribution in [0.2, 0.25) is 0 Å². The Hall–Kier alpha value is 0.760. The molecule has 25 nitrogen and oxygen atoms in total. The Morgan fingerprint density at radius 3 is 1.03 bits per heavy atom. The van der Waals surface area contributed by atoms with Crippen molar-refractivity contribution in [2.24, 2.45) is 5.73 Å². The summed E-state index contributed by atoms with van der Waals surface area (Å²) in [5, 5.41) is 84.1. The number of rotatable bonds is 23. The first kappa shape index (κ1) is 79.2. The molecule has 58 heavy (non-hydrogen) atoms. The van der Waals surface area contributed by atoms with Crippen molar-refractivity contribution in [2.45, 2.75) is 81.7 Å². The largest absolute Gasteiger partial charge is 1.00 e. The molecule has 0 aliphatic carbocycles. The van der Waals surface area contributed by atoms with Gasteiger partial charge in [0.05, 0.1) is 60.5 Å². The molecule has 0 aliphatic rings. The molecule has 7 N–H and O–H groups in total. The SMILES string of the molecule is CC(=O)CC(NC(=O)C(CC(=O)[O-])NC(=O)CC(NC(=O)C(N)CC(=O)[O-])C(=O)[O-])C(=O)[O-].CNC(CC(=O)NC(CC(=O)[O-])C(=O)[O-])C(=O)[O-].[Na+].[Na+].[Na+].[Na+].[Na+].[Na+].[Na+]. The number of carboxylic acid groups (broad SMARTS) is 7. The second-order valence-corrected chi connectivity index (χ2v) is 10.1. The van der Waals surface area contributed by atoms with E-state index in [2.05, 4.69) is 5.32 Å². The number of hydrogen-bond acceptors (Lipinski definition) is 21. The number of likely N-dealkylation sites (N-methyl/N-ethyl adjacent to an activating group) is 1. The molecule has 0 radical (unpaired) electrons. The molecule has 4 amide bonds. The van der Waals surface area contributed by atoms with E-state index in [4.69, 9.17) is 5.73 Å². The van der Waals surface area contributed by atoms with Crippen molar-refractivity contribution in [1.29, 1.82) is 0 Å². The molecule has 0 aromatic carbocycles. The maximum atomic E-state index is 12.2. The summed E-state index contributed by atoms with van der Waals surface area (Å²) in [6.07, 6.45) is -5.52. The number of nitrogens with two attached hydrogens (primary N) is 1. The van der Waals surface area contributed by atoms with Gasteiger partial charge in [-0.15, -0.1) is 0 Å². The summed E-state index contributed by atoms with van der Waals surface area (Å²) < 4.78 is 0. The van der Waals surface area contributed by atoms with Gasteiger partial charge in [-0.3, -0.25) is 24.0 Å². The van der Waals surface area contributed by atoms with Crippen LogP contribution in [-0.4, -0.2) is 114 Å². The summed E-state index contributed by atoms with van der Waals surface area (Å²) in [4.78, 5) is 133. The molecular weight excluding hydrogens is 861 g/mol. The number of Topliss-reactive ketones (excluding diaryl/α,β-unsaturated/α-hetero) is 1. The monoisotopic (exact) mass is 892 g/mol. The first-order chi connectivity index (χ1) is 23.4. The van der Waals surface area contributed by atoms with Crippen LogP contribution in [0.1, 0.15) is 45.4 Å². The Kier molecular flexibility index (Phi) is 58.7. The normalized spacial score (nSPS) is 12.1. The fraction of sp³-hybridized carbons (Fsp3) is 0.538. The molecule has 0 aromatic heterocycles. The number of hydrogen-bond donors (Lipinski definition) is 6. The van der Waals surface area contributed by atoms with Crippen LogP contribution in [0.4, 0.5) is 0 Å². The van der Waals surface area contributed by atoms with Gasteiger partial charge < -0.3 is 102 Å². The van der Waals surface area contributed by atoms with Gasteiger partial charge in [-0.1, -0.05) is 0 Å². The van der Waals surface area contributed by atoms with Crippen molar-refractivity contribution in [2.75, 3.05) is 7.05 Å². The summed E-state index contributed by atoms with van der Waals surface area (Å²) in [6, 6.07) is -10.7. The molecule has 0 heterocycles. The van der Waals surface area contributed by atoms with Crippen molar-refractivity contribution in [3.8, 4) is 0 Å². The van der Waals surface area contributed by atoms with Crippen molar-refractivity contribution in [3.05, 3.63) is 0 Å². The number of carbonyl (C=O) groups excluding carboxylic acids is 12. The van der Waals surface area contributed by atoms with Gasteiger partial charge in [-0.05, 0) is 14.0 Å². The molecule has 0 spiro atoms. The Labute approximate surface area is 484 Å². The number of carboxylic acids is 7. The third kappa shape index (κ3) is 39.6. The summed E-state index contributed by atoms with van der Waals surface area (Å²) in [6.45, 7) is 1.01. The third-order valence-corrected chi connectivity index (χ3v) is 5.84. The fourth-order valence-electron chi connectivity index (χ4n) is 3.41. The molecule has 0 aromatic rings. The van der Waals surface area contributed by atoms with E-state index in [0.717, 1.165) is 6.92 Å². The van der Waals surface area contributed by atoms with Crippen LogP contribution >= 0.6 is 0 Å². The molecule has 0 aliphatic heterocycles. The zero-order valence-electron chi connectivity index (χ0n) is 33.5. The number of amides is 4. The zero-order chi connectivity index (χ0) is 40.2. The molecule has 0 rings (SSSR count). The van der Waals surface area contributed by atoms with Crippen LogP contribution in [0.5, 0.6) is 0 Å². The number of carbonyl (C=O) groups is 12. The van der Waals surface area contributed by atoms with Gasteiger partial charge in [0.2, 0.25) is 23.6 Å². The van der Waals surface area contributed by atoms with Crippen LogP contribution < -0.4 is 275 Å². The molecule has 6 atom stereocenters. The van der Waals surface area contributed by atoms with E-state index in [9.17, 15) is 93.3 Å². The van der Waals surface area contributed by atoms with Crippen molar-refractivity contribution >= 4 is 71.2 Å². The Morgan fingerprint density at radius 2 is 0.707 bits per heavy atom. The molecule has 6 unspecified atom stereocenters. The molecule has 286 valence electrons. The first-order valence-electron chi connectivity index (χ1n) is 14.0. The average molecular weight is 892 g/mol. The molecule has 0 bridgehead atoms. The predicted molar refractivity (Wildman–Crippen MR) is 142 cm³/mol. The minimum absolute atomic E-state index is 0. The number of ketones is 1. The van der Waals surface area contributed by atoms with Crippen LogP contribution in [0.3, 0.4) is 0 Å². The van der Waals surface area contributed by atoms with Gasteiger partial charge in [0.15, 0.2) is 0 Å². The van der Waals surface area contributed by atoms with Crippen molar-refractivity contribution in [1.82, 2.24) is 26.6 Å². The van der Waals surface area contributed by atoms with E-state index < -0.39 is 146 Å². The van der Waals surface area contributed by atoms with Crippen LogP contribution in [-0.2, 0) is 57.5 Å². The standard InChI is InChI=1S/C17H24N4O12.C9H14N2O7.7Na/c1-6(22)2-9(16(30)31)21-15(29)8(5-13(26)27)19-11(23)4-10(17(32)33)20-14(28)7(18)3-12(24)25;1-10-4(8(15)16)2-6(12)11-5(9(17)18)3-7(13)14;;;;;;;/h7-10H,2-5,18H2,1H3,(H,19,23)(H,20,28)(H,21,29)(H,24,25)(H,26,27)(H,30,31)(H,32,33);4-5,10H,2-3H2,1H3,(H,11,12)(H,13,14)(H,15,16)(H,17,18);;;;;;;/q;;7*+1/p-7. The molecule has 0 saturated carbocycles. The van der Waals surface area contributed by atoms with E-state index in [0.29, 0.717) is 0 Å². The van der Waals surface area contributed by atoms with E-state index in [1.807, 2.05) is 10.6 Å². The van der Waals surface area contributed by atoms with Gasteiger partial charge >= 0.3 is 207 Å². The summed E-state index contributed by atoms with van der Waals surface area (Å²) >= 11 is 0. The minimum atomic E-state index is -2.06. The fourth-order valence-corrected chi connectivity index (χ4v) is 3.41. The van der Waals surface area contributed by atoms with Crippen LogP contribution in [0.25, 0.3) is 0 Å². The minimum Gasteiger partial charge on any atom is -0.550 e. The first-order valence-corrected chi connectivity index (χ1v) is 14.0. The third-order valence-electron chi connectivity index (χ3n) is 5.84. The van der Waals surface area contributed by atoms with E-state index in [-0.39, 0.29) is 207 Å². The van der Waals surface area contributed by atoms with Gasteiger partial charge in [-0.2, -0.15) is 0 Å². The Bertz CT molecular complexity index is 1400. The second-order valence-electron chi connectivity index (χ2n) is 10.1.